The first-order valence-electron chi connectivity index (χ1n) is 9.19. The van der Waals surface area contributed by atoms with Crippen LogP contribution in [0.3, 0.4) is 0 Å². The topological polar surface area (TPSA) is 68.5 Å². The van der Waals surface area contributed by atoms with E-state index in [2.05, 4.69) is 37.2 Å². The zero-order valence-corrected chi connectivity index (χ0v) is 17.2. The van der Waals surface area contributed by atoms with Gasteiger partial charge in [-0.15, -0.1) is 10.2 Å². The lowest BCUT2D eigenvalue weighted by atomic mass is 10.2. The Morgan fingerprint density at radius 1 is 1.07 bits per heavy atom. The smallest absolute Gasteiger partial charge is 0.211 e. The van der Waals surface area contributed by atoms with Crippen LogP contribution >= 0.6 is 23.4 Å². The molecular weight excluding hydrogens is 404 g/mol. The summed E-state index contributed by atoms with van der Waals surface area (Å²) >= 11 is 7.64. The van der Waals surface area contributed by atoms with Crippen molar-refractivity contribution in [2.24, 2.45) is 7.05 Å². The number of hydrogen-bond acceptors (Lipinski definition) is 6. The minimum Gasteiger partial charge on any atom is -0.384 e. The van der Waals surface area contributed by atoms with Gasteiger partial charge in [0, 0.05) is 47.0 Å². The van der Waals surface area contributed by atoms with Crippen LogP contribution in [0.15, 0.2) is 59.9 Å². The second-order valence-electron chi connectivity index (χ2n) is 6.64. The molecule has 2 aromatic carbocycles. The van der Waals surface area contributed by atoms with Gasteiger partial charge in [-0.1, -0.05) is 41.6 Å². The maximum atomic E-state index is 6.06. The number of fused-ring (bicyclic) bond motifs is 4. The van der Waals surface area contributed by atoms with Gasteiger partial charge in [0.15, 0.2) is 5.65 Å². The Balaban J connectivity index is 1.30. The van der Waals surface area contributed by atoms with Gasteiger partial charge in [0.25, 0.3) is 0 Å². The molecule has 6 nitrogen and oxygen atoms in total. The van der Waals surface area contributed by atoms with E-state index < -0.39 is 0 Å². The summed E-state index contributed by atoms with van der Waals surface area (Å²) in [6.45, 7) is 0.767. The molecule has 1 N–H and O–H groups in total. The van der Waals surface area contributed by atoms with Crippen LogP contribution in [0, 0.1) is 0 Å². The minimum atomic E-state index is 0.677. The number of benzene rings is 2. The van der Waals surface area contributed by atoms with Crippen LogP contribution in [0.25, 0.3) is 33.0 Å². The maximum Gasteiger partial charge on any atom is 0.211 e. The highest BCUT2D eigenvalue weighted by atomic mass is 35.5. The first-order chi connectivity index (χ1) is 14.2. The van der Waals surface area contributed by atoms with E-state index in [4.69, 9.17) is 16.6 Å². The molecule has 0 unspecified atom stereocenters. The highest BCUT2D eigenvalue weighted by molar-refractivity contribution is 7.99. The molecule has 0 aliphatic heterocycles. The number of thioether (sulfide) groups is 1. The molecule has 0 saturated carbocycles. The number of para-hydroxylation sites is 1. The van der Waals surface area contributed by atoms with Crippen molar-refractivity contribution in [3.63, 3.8) is 0 Å². The van der Waals surface area contributed by atoms with Crippen LogP contribution < -0.4 is 5.32 Å². The van der Waals surface area contributed by atoms with Crippen LogP contribution in [-0.4, -0.2) is 37.0 Å². The number of pyridine rings is 1. The Hall–Kier alpha value is -2.90. The summed E-state index contributed by atoms with van der Waals surface area (Å²) in [4.78, 5) is 9.09. The molecule has 5 aromatic rings. The van der Waals surface area contributed by atoms with Gasteiger partial charge in [0.1, 0.15) is 5.52 Å². The van der Waals surface area contributed by atoms with Crippen molar-refractivity contribution in [2.45, 2.75) is 5.16 Å². The Kier molecular flexibility index (Phi) is 4.69. The van der Waals surface area contributed by atoms with Gasteiger partial charge < -0.3 is 9.88 Å². The summed E-state index contributed by atoms with van der Waals surface area (Å²) in [5, 5.41) is 15.7. The Labute approximate surface area is 176 Å². The van der Waals surface area contributed by atoms with Crippen molar-refractivity contribution in [1.82, 2.24) is 24.7 Å². The molecule has 0 atom stereocenters. The predicted molar refractivity (Wildman–Crippen MR) is 120 cm³/mol. The van der Waals surface area contributed by atoms with E-state index in [-0.39, 0.29) is 0 Å². The molecule has 0 aliphatic carbocycles. The molecule has 0 bridgehead atoms. The number of nitrogens with one attached hydrogen (secondary N) is 1. The van der Waals surface area contributed by atoms with E-state index in [0.29, 0.717) is 10.2 Å². The van der Waals surface area contributed by atoms with Crippen LogP contribution in [-0.2, 0) is 7.05 Å². The quantitative estimate of drug-likeness (QED) is 0.321. The van der Waals surface area contributed by atoms with Crippen LogP contribution in [0.2, 0.25) is 5.02 Å². The lowest BCUT2D eigenvalue weighted by Gasteiger charge is -2.09. The summed E-state index contributed by atoms with van der Waals surface area (Å²) in [6.07, 6.45) is 1.79. The second-order valence-corrected chi connectivity index (χ2v) is 8.14. The van der Waals surface area contributed by atoms with Crippen molar-refractivity contribution in [1.29, 1.82) is 0 Å². The van der Waals surface area contributed by atoms with Crippen LogP contribution in [0.1, 0.15) is 0 Å². The van der Waals surface area contributed by atoms with E-state index in [9.17, 15) is 0 Å². The van der Waals surface area contributed by atoms with E-state index >= 15 is 0 Å². The molecule has 0 spiro atoms. The van der Waals surface area contributed by atoms with Crippen molar-refractivity contribution in [3.8, 4) is 0 Å². The van der Waals surface area contributed by atoms with E-state index in [1.165, 1.54) is 0 Å². The lowest BCUT2D eigenvalue weighted by Crippen LogP contribution is -2.05. The highest BCUT2D eigenvalue weighted by Gasteiger charge is 2.12. The first-order valence-corrected chi connectivity index (χ1v) is 10.6. The third-order valence-electron chi connectivity index (χ3n) is 4.84. The van der Waals surface area contributed by atoms with E-state index in [1.807, 2.05) is 43.4 Å². The van der Waals surface area contributed by atoms with Gasteiger partial charge in [-0.3, -0.25) is 4.98 Å². The summed E-state index contributed by atoms with van der Waals surface area (Å²) in [5.41, 5.74) is 4.72. The van der Waals surface area contributed by atoms with E-state index in [0.717, 1.165) is 51.0 Å². The Morgan fingerprint density at radius 3 is 2.90 bits per heavy atom. The number of anilines is 1. The fourth-order valence-electron chi connectivity index (χ4n) is 3.46. The summed E-state index contributed by atoms with van der Waals surface area (Å²) < 4.78 is 2.07. The summed E-state index contributed by atoms with van der Waals surface area (Å²) in [5.74, 6) is 0.814. The van der Waals surface area contributed by atoms with Gasteiger partial charge in [0.05, 0.1) is 11.0 Å². The average Bonchev–Trinajstić information content (AvgIpc) is 3.03. The molecule has 5 rings (SSSR count). The van der Waals surface area contributed by atoms with Crippen LogP contribution in [0.4, 0.5) is 5.69 Å². The monoisotopic (exact) mass is 420 g/mol. The zero-order chi connectivity index (χ0) is 19.8. The molecule has 144 valence electrons. The molecule has 0 amide bonds. The average molecular weight is 421 g/mol. The minimum absolute atomic E-state index is 0.677. The SMILES string of the molecule is Cn1c2ccccc2c2nnc(SCCNc3ccnc4cc(Cl)ccc34)nc21. The van der Waals surface area contributed by atoms with Crippen molar-refractivity contribution in [2.75, 3.05) is 17.6 Å². The van der Waals surface area contributed by atoms with Gasteiger partial charge in [-0.05, 0) is 30.3 Å². The second kappa shape index (κ2) is 7.50. The first kappa shape index (κ1) is 18.1. The van der Waals surface area contributed by atoms with Gasteiger partial charge in [0.2, 0.25) is 5.16 Å². The van der Waals surface area contributed by atoms with Crippen molar-refractivity contribution >= 4 is 62.0 Å². The number of aromatic nitrogens is 5. The molecule has 3 aromatic heterocycles. The predicted octanol–water partition coefficient (Wildman–Crippen LogP) is 4.92. The number of aryl methyl sites for hydroxylation is 1. The number of hydrogen-bond donors (Lipinski definition) is 1. The summed E-state index contributed by atoms with van der Waals surface area (Å²) in [7, 11) is 2.01. The van der Waals surface area contributed by atoms with Gasteiger partial charge >= 0.3 is 0 Å². The van der Waals surface area contributed by atoms with Crippen LogP contribution in [0.5, 0.6) is 0 Å². The Bertz CT molecular complexity index is 1350. The normalized spacial score (nSPS) is 11.5. The van der Waals surface area contributed by atoms with E-state index in [1.54, 1.807) is 18.0 Å². The third kappa shape index (κ3) is 3.36. The number of rotatable bonds is 5. The molecule has 3 heterocycles. The molecular formula is C21H17ClN6S. The highest BCUT2D eigenvalue weighted by Crippen LogP contribution is 2.27. The molecule has 0 saturated heterocycles. The molecule has 0 radical (unpaired) electrons. The zero-order valence-electron chi connectivity index (χ0n) is 15.6. The van der Waals surface area contributed by atoms with Crippen molar-refractivity contribution in [3.05, 3.63) is 59.8 Å². The maximum absolute atomic E-state index is 6.06. The van der Waals surface area contributed by atoms with Gasteiger partial charge in [-0.25, -0.2) is 4.98 Å². The molecule has 0 fully saturated rings. The number of halogens is 1. The largest absolute Gasteiger partial charge is 0.384 e. The number of nitrogens with zero attached hydrogens (tertiary/aromatic N) is 5. The van der Waals surface area contributed by atoms with Crippen molar-refractivity contribution < 1.29 is 0 Å². The Morgan fingerprint density at radius 2 is 1.97 bits per heavy atom. The standard InChI is InChI=1S/C21H17ClN6S/c1-28-18-5-3-2-4-15(18)19-20(28)25-21(27-26-19)29-11-10-24-16-8-9-23-17-12-13(22)6-7-14(16)17/h2-9,12H,10-11H2,1H3,(H,23,24). The lowest BCUT2D eigenvalue weighted by molar-refractivity contribution is 0.855. The fourth-order valence-corrected chi connectivity index (χ4v) is 4.26. The molecule has 0 aliphatic rings. The third-order valence-corrected chi connectivity index (χ3v) is 5.92. The molecule has 8 heteroatoms. The summed E-state index contributed by atoms with van der Waals surface area (Å²) in [6, 6.07) is 15.9. The molecule has 29 heavy (non-hydrogen) atoms. The van der Waals surface area contributed by atoms with Gasteiger partial charge in [-0.2, -0.15) is 0 Å². The fraction of sp³-hybridized carbons (Fsp3) is 0.143.